The van der Waals surface area contributed by atoms with Crippen LogP contribution in [0.25, 0.3) is 11.3 Å². The van der Waals surface area contributed by atoms with Crippen molar-refractivity contribution in [2.45, 2.75) is 5.92 Å². The molecule has 3 rings (SSSR count). The minimum absolute atomic E-state index is 0.168. The Morgan fingerprint density at radius 2 is 2.00 bits per heavy atom. The van der Waals surface area contributed by atoms with Gasteiger partial charge in [0, 0.05) is 21.5 Å². The van der Waals surface area contributed by atoms with Gasteiger partial charge in [-0.3, -0.25) is 4.79 Å². The van der Waals surface area contributed by atoms with Crippen molar-refractivity contribution in [3.05, 3.63) is 73.5 Å². The highest BCUT2D eigenvalue weighted by atomic mass is 79.9. The summed E-state index contributed by atoms with van der Waals surface area (Å²) in [6.07, 6.45) is 1.07. The molecule has 118 valence electrons. The Kier molecular flexibility index (Phi) is 4.69. The van der Waals surface area contributed by atoms with Crippen LogP contribution in [0.2, 0.25) is 0 Å². The van der Waals surface area contributed by atoms with Gasteiger partial charge in [0.15, 0.2) is 11.7 Å². The maximum Gasteiger partial charge on any atom is 0.335 e. The number of nitrogens with zero attached hydrogens (tertiary/aromatic N) is 2. The molecule has 1 aromatic carbocycles. The lowest BCUT2D eigenvalue weighted by Gasteiger charge is -2.04. The van der Waals surface area contributed by atoms with Gasteiger partial charge in [0.25, 0.3) is 0 Å². The Balaban J connectivity index is 1.90. The van der Waals surface area contributed by atoms with E-state index in [1.807, 2.05) is 30.3 Å². The van der Waals surface area contributed by atoms with Gasteiger partial charge in [0.2, 0.25) is 0 Å². The monoisotopic (exact) mass is 400 g/mol. The predicted molar refractivity (Wildman–Crippen MR) is 92.9 cm³/mol. The van der Waals surface area contributed by atoms with E-state index in [1.165, 1.54) is 17.4 Å². The van der Waals surface area contributed by atoms with Gasteiger partial charge in [-0.1, -0.05) is 28.1 Å². The van der Waals surface area contributed by atoms with Crippen molar-refractivity contribution >= 4 is 33.0 Å². The predicted octanol–water partition coefficient (Wildman–Crippen LogP) is 4.02. The number of ketones is 1. The number of hydrogen-bond acceptors (Lipinski definition) is 6. The average Bonchev–Trinajstić information content (AvgIpc) is 3.06. The summed E-state index contributed by atoms with van der Waals surface area (Å²) in [6, 6.07) is 12.1. The Morgan fingerprint density at radius 1 is 1.25 bits per heavy atom. The minimum atomic E-state index is -1.04. The zero-order valence-corrected chi connectivity index (χ0v) is 14.5. The van der Waals surface area contributed by atoms with Crippen LogP contribution >= 0.6 is 27.3 Å². The third-order valence-electron chi connectivity index (χ3n) is 3.29. The van der Waals surface area contributed by atoms with E-state index in [0.29, 0.717) is 10.7 Å². The van der Waals surface area contributed by atoms with Gasteiger partial charge in [-0.05, 0) is 18.2 Å². The Bertz CT molecular complexity index is 966. The quantitative estimate of drug-likeness (QED) is 0.617. The fourth-order valence-electron chi connectivity index (χ4n) is 2.06. The molecular formula is C17H9BrN2O3S. The number of rotatable bonds is 4. The van der Waals surface area contributed by atoms with Crippen LogP contribution in [0.1, 0.15) is 21.3 Å². The van der Waals surface area contributed by atoms with Gasteiger partial charge in [0.05, 0.1) is 17.3 Å². The molecule has 0 saturated heterocycles. The standard InChI is InChI=1S/C17H9BrN2O3S/c18-12-4-1-10(2-5-12)14-9-24-17(20-14)13(7-19)16(22)11-3-6-15(21)23-8-11/h1-6,8-9,13H/t13-/m0/s1. The summed E-state index contributed by atoms with van der Waals surface area (Å²) in [5.41, 5.74) is 1.22. The van der Waals surface area contributed by atoms with Crippen molar-refractivity contribution in [3.63, 3.8) is 0 Å². The van der Waals surface area contributed by atoms with Crippen LogP contribution in [-0.2, 0) is 0 Å². The lowest BCUT2D eigenvalue weighted by atomic mass is 10.0. The number of aromatic nitrogens is 1. The maximum absolute atomic E-state index is 12.5. The zero-order chi connectivity index (χ0) is 17.1. The zero-order valence-electron chi connectivity index (χ0n) is 12.1. The summed E-state index contributed by atoms with van der Waals surface area (Å²) in [7, 11) is 0. The van der Waals surface area contributed by atoms with E-state index in [2.05, 4.69) is 25.3 Å². The molecule has 2 aromatic heterocycles. The number of carbonyl (C=O) groups excluding carboxylic acids is 1. The molecule has 0 aliphatic rings. The van der Waals surface area contributed by atoms with Crippen LogP contribution in [0.5, 0.6) is 0 Å². The second-order valence-corrected chi connectivity index (χ2v) is 6.65. The van der Waals surface area contributed by atoms with Crippen molar-refractivity contribution in [2.75, 3.05) is 0 Å². The molecule has 0 fully saturated rings. The minimum Gasteiger partial charge on any atom is -0.431 e. The highest BCUT2D eigenvalue weighted by molar-refractivity contribution is 9.10. The number of benzene rings is 1. The van der Waals surface area contributed by atoms with Crippen LogP contribution < -0.4 is 5.63 Å². The van der Waals surface area contributed by atoms with Gasteiger partial charge in [-0.25, -0.2) is 9.78 Å². The number of nitriles is 1. The summed E-state index contributed by atoms with van der Waals surface area (Å²) in [6.45, 7) is 0. The molecule has 0 aliphatic carbocycles. The number of thiazole rings is 1. The smallest absolute Gasteiger partial charge is 0.335 e. The number of Topliss-reactive ketones (excluding diaryl/α,β-unsaturated/α-hetero) is 1. The molecule has 0 spiro atoms. The topological polar surface area (TPSA) is 84.0 Å². The third kappa shape index (κ3) is 3.35. The Labute approximate surface area is 149 Å². The summed E-state index contributed by atoms with van der Waals surface area (Å²) < 4.78 is 5.64. The first-order valence-electron chi connectivity index (χ1n) is 6.82. The lowest BCUT2D eigenvalue weighted by molar-refractivity contribution is 0.0976. The van der Waals surface area contributed by atoms with Crippen LogP contribution in [0.4, 0.5) is 0 Å². The van der Waals surface area contributed by atoms with Crippen LogP contribution in [0.3, 0.4) is 0 Å². The van der Waals surface area contributed by atoms with Gasteiger partial charge in [-0.15, -0.1) is 11.3 Å². The number of hydrogen-bond donors (Lipinski definition) is 0. The lowest BCUT2D eigenvalue weighted by Crippen LogP contribution is -2.12. The first-order chi connectivity index (χ1) is 11.6. The number of halogens is 1. The summed E-state index contributed by atoms with van der Waals surface area (Å²) >= 11 is 4.62. The molecule has 2 heterocycles. The molecule has 3 aromatic rings. The molecule has 0 unspecified atom stereocenters. The third-order valence-corrected chi connectivity index (χ3v) is 4.72. The Morgan fingerprint density at radius 3 is 2.62 bits per heavy atom. The Hall–Kier alpha value is -2.56. The molecule has 1 atom stereocenters. The second kappa shape index (κ2) is 6.91. The fourth-order valence-corrected chi connectivity index (χ4v) is 3.20. The molecule has 0 radical (unpaired) electrons. The van der Waals surface area contributed by atoms with E-state index >= 15 is 0 Å². The molecular weight excluding hydrogens is 392 g/mol. The van der Waals surface area contributed by atoms with Crippen molar-refractivity contribution in [2.24, 2.45) is 0 Å². The van der Waals surface area contributed by atoms with Gasteiger partial charge >= 0.3 is 5.63 Å². The first kappa shape index (κ1) is 16.3. The van der Waals surface area contributed by atoms with E-state index in [4.69, 9.17) is 0 Å². The van der Waals surface area contributed by atoms with Gasteiger partial charge < -0.3 is 4.42 Å². The fraction of sp³-hybridized carbons (Fsp3) is 0.0588. The van der Waals surface area contributed by atoms with E-state index in [1.54, 1.807) is 5.38 Å². The van der Waals surface area contributed by atoms with Gasteiger partial charge in [-0.2, -0.15) is 5.26 Å². The van der Waals surface area contributed by atoms with Crippen LogP contribution in [-0.4, -0.2) is 10.8 Å². The maximum atomic E-state index is 12.5. The molecule has 0 N–H and O–H groups in total. The normalized spacial score (nSPS) is 11.7. The van der Waals surface area contributed by atoms with E-state index in [-0.39, 0.29) is 5.56 Å². The number of carbonyl (C=O) groups is 1. The van der Waals surface area contributed by atoms with Crippen LogP contribution in [0, 0.1) is 11.3 Å². The molecule has 7 heteroatoms. The molecule has 0 saturated carbocycles. The highest BCUT2D eigenvalue weighted by Crippen LogP contribution is 2.29. The molecule has 5 nitrogen and oxygen atoms in total. The molecule has 0 aliphatic heterocycles. The SMILES string of the molecule is N#C[C@@H](C(=O)c1ccc(=O)oc1)c1nc(-c2ccc(Br)cc2)cs1. The second-order valence-electron chi connectivity index (χ2n) is 4.85. The van der Waals surface area contributed by atoms with E-state index in [9.17, 15) is 14.9 Å². The van der Waals surface area contributed by atoms with Gasteiger partial charge in [0.1, 0.15) is 11.3 Å². The first-order valence-corrected chi connectivity index (χ1v) is 8.50. The van der Waals surface area contributed by atoms with Crippen molar-refractivity contribution in [1.82, 2.24) is 4.98 Å². The van der Waals surface area contributed by atoms with Crippen molar-refractivity contribution < 1.29 is 9.21 Å². The van der Waals surface area contributed by atoms with E-state index in [0.717, 1.165) is 22.4 Å². The highest BCUT2D eigenvalue weighted by Gasteiger charge is 2.25. The van der Waals surface area contributed by atoms with Crippen molar-refractivity contribution in [3.8, 4) is 17.3 Å². The van der Waals surface area contributed by atoms with E-state index < -0.39 is 17.3 Å². The molecule has 0 amide bonds. The van der Waals surface area contributed by atoms with Crippen LogP contribution in [0.15, 0.2) is 61.7 Å². The largest absolute Gasteiger partial charge is 0.431 e. The summed E-state index contributed by atoms with van der Waals surface area (Å²) in [5, 5.41) is 11.6. The molecule has 24 heavy (non-hydrogen) atoms. The summed E-state index contributed by atoms with van der Waals surface area (Å²) in [5.74, 6) is -1.48. The molecule has 0 bridgehead atoms. The average molecular weight is 401 g/mol. The summed E-state index contributed by atoms with van der Waals surface area (Å²) in [4.78, 5) is 27.8. The van der Waals surface area contributed by atoms with Crippen molar-refractivity contribution in [1.29, 1.82) is 5.26 Å².